The van der Waals surface area contributed by atoms with Gasteiger partial charge in [-0.2, -0.15) is 0 Å². The molecule has 9 nitrogen and oxygen atoms in total. The molecule has 3 aromatic rings. The summed E-state index contributed by atoms with van der Waals surface area (Å²) in [4.78, 5) is 42.3. The summed E-state index contributed by atoms with van der Waals surface area (Å²) < 4.78 is 11.1. The number of hydrogen-bond acceptors (Lipinski definition) is 6. The smallest absolute Gasteiger partial charge is 0.265 e. The van der Waals surface area contributed by atoms with E-state index in [1.54, 1.807) is 19.1 Å². The number of morpholine rings is 1. The Kier molecular flexibility index (Phi) is 9.33. The lowest BCUT2D eigenvalue weighted by molar-refractivity contribution is -0.128. The summed E-state index contributed by atoms with van der Waals surface area (Å²) in [5, 5.41) is 6.64. The maximum atomic E-state index is 13.8. The molecule has 2 heterocycles. The molecule has 1 saturated heterocycles. The highest BCUT2D eigenvalue weighted by atomic mass is 35.5. The van der Waals surface area contributed by atoms with Crippen LogP contribution in [0.1, 0.15) is 25.5 Å². The SMILES string of the molecule is CC(=O)Nc1ccccc1-c1cccc(C(CN2CCOCC2)NC(=O)C(C)N2C(=O)COc3cc(Cl)c(Cl)cc32)c1. The van der Waals surface area contributed by atoms with Crippen molar-refractivity contribution in [1.29, 1.82) is 0 Å². The number of ether oxygens (including phenoxy) is 2. The lowest BCUT2D eigenvalue weighted by atomic mass is 9.97. The summed E-state index contributed by atoms with van der Waals surface area (Å²) in [7, 11) is 0. The number of rotatable bonds is 8. The van der Waals surface area contributed by atoms with Gasteiger partial charge >= 0.3 is 0 Å². The lowest BCUT2D eigenvalue weighted by Gasteiger charge is -2.35. The third-order valence-electron chi connectivity index (χ3n) is 7.35. The molecule has 220 valence electrons. The highest BCUT2D eigenvalue weighted by Gasteiger charge is 2.35. The first kappa shape index (κ1) is 29.8. The second-order valence-electron chi connectivity index (χ2n) is 10.3. The lowest BCUT2D eigenvalue weighted by Crippen LogP contribution is -2.53. The number of para-hydroxylation sites is 1. The Balaban J connectivity index is 1.45. The molecule has 42 heavy (non-hydrogen) atoms. The van der Waals surface area contributed by atoms with Crippen LogP contribution in [0.3, 0.4) is 0 Å². The van der Waals surface area contributed by atoms with Crippen LogP contribution in [0.15, 0.2) is 60.7 Å². The van der Waals surface area contributed by atoms with E-state index in [0.717, 1.165) is 29.8 Å². The first-order valence-corrected chi connectivity index (χ1v) is 14.5. The van der Waals surface area contributed by atoms with Gasteiger partial charge in [-0.05, 0) is 36.2 Å². The minimum absolute atomic E-state index is 0.159. The van der Waals surface area contributed by atoms with E-state index in [2.05, 4.69) is 15.5 Å². The highest BCUT2D eigenvalue weighted by molar-refractivity contribution is 6.42. The minimum atomic E-state index is -0.853. The van der Waals surface area contributed by atoms with E-state index >= 15 is 0 Å². The average molecular weight is 612 g/mol. The number of carbonyl (C=O) groups is 3. The van der Waals surface area contributed by atoms with Crippen molar-refractivity contribution in [1.82, 2.24) is 10.2 Å². The van der Waals surface area contributed by atoms with Crippen LogP contribution in [0.5, 0.6) is 5.75 Å². The molecule has 1 fully saturated rings. The van der Waals surface area contributed by atoms with Crippen LogP contribution in [-0.4, -0.2) is 68.1 Å². The summed E-state index contributed by atoms with van der Waals surface area (Å²) in [6.45, 7) is 6.19. The normalized spacial score (nSPS) is 16.7. The van der Waals surface area contributed by atoms with E-state index in [0.29, 0.717) is 41.9 Å². The molecule has 0 aromatic heterocycles. The van der Waals surface area contributed by atoms with E-state index in [1.807, 2.05) is 48.5 Å². The number of hydrogen-bond donors (Lipinski definition) is 2. The van der Waals surface area contributed by atoms with Gasteiger partial charge < -0.3 is 20.1 Å². The third-order valence-corrected chi connectivity index (χ3v) is 8.07. The molecule has 2 aliphatic rings. The molecule has 2 unspecified atom stereocenters. The first-order chi connectivity index (χ1) is 20.2. The topological polar surface area (TPSA) is 100 Å². The number of halogens is 2. The van der Waals surface area contributed by atoms with Gasteiger partial charge in [-0.3, -0.25) is 24.2 Å². The molecule has 5 rings (SSSR count). The molecule has 0 saturated carbocycles. The Bertz CT molecular complexity index is 1490. The summed E-state index contributed by atoms with van der Waals surface area (Å²) in [6.07, 6.45) is 0. The van der Waals surface area contributed by atoms with Crippen molar-refractivity contribution >= 4 is 52.3 Å². The number of carbonyl (C=O) groups excluding carboxylic acids is 3. The monoisotopic (exact) mass is 610 g/mol. The van der Waals surface area contributed by atoms with Crippen LogP contribution in [0.4, 0.5) is 11.4 Å². The molecule has 2 atom stereocenters. The standard InChI is InChI=1S/C31H32Cl2N4O5/c1-19(37-28-15-24(32)25(33)16-29(28)42-18-30(37)39)31(40)35-27(17-36-10-12-41-13-11-36)22-7-5-6-21(14-22)23-8-3-4-9-26(23)34-20(2)38/h3-9,14-16,19,27H,10-13,17-18H2,1-2H3,(H,34,38)(H,35,40). The van der Waals surface area contributed by atoms with Gasteiger partial charge in [0.15, 0.2) is 6.61 Å². The Morgan fingerprint density at radius 2 is 1.74 bits per heavy atom. The molecule has 3 amide bonds. The van der Waals surface area contributed by atoms with Crippen LogP contribution < -0.4 is 20.3 Å². The van der Waals surface area contributed by atoms with Crippen molar-refractivity contribution in [3.05, 3.63) is 76.3 Å². The molecule has 0 radical (unpaired) electrons. The van der Waals surface area contributed by atoms with Crippen LogP contribution in [0.2, 0.25) is 10.0 Å². The van der Waals surface area contributed by atoms with Crippen molar-refractivity contribution < 1.29 is 23.9 Å². The molecular weight excluding hydrogens is 579 g/mol. The van der Waals surface area contributed by atoms with Gasteiger partial charge in [0, 0.05) is 43.9 Å². The largest absolute Gasteiger partial charge is 0.482 e. The van der Waals surface area contributed by atoms with Gasteiger partial charge in [0.05, 0.1) is 35.0 Å². The molecule has 0 spiro atoms. The summed E-state index contributed by atoms with van der Waals surface area (Å²) in [5.41, 5.74) is 3.75. The van der Waals surface area contributed by atoms with E-state index in [-0.39, 0.29) is 29.4 Å². The molecule has 2 N–H and O–H groups in total. The summed E-state index contributed by atoms with van der Waals surface area (Å²) in [6, 6.07) is 17.3. The zero-order valence-corrected chi connectivity index (χ0v) is 24.9. The second kappa shape index (κ2) is 13.1. The van der Waals surface area contributed by atoms with Gasteiger partial charge in [-0.15, -0.1) is 0 Å². The fourth-order valence-corrected chi connectivity index (χ4v) is 5.54. The van der Waals surface area contributed by atoms with Crippen LogP contribution in [0, 0.1) is 0 Å². The highest BCUT2D eigenvalue weighted by Crippen LogP contribution is 2.40. The quantitative estimate of drug-likeness (QED) is 0.375. The van der Waals surface area contributed by atoms with Crippen LogP contribution in [0.25, 0.3) is 11.1 Å². The van der Waals surface area contributed by atoms with Crippen molar-refractivity contribution in [3.63, 3.8) is 0 Å². The fraction of sp³-hybridized carbons (Fsp3) is 0.323. The predicted octanol–water partition coefficient (Wildman–Crippen LogP) is 4.92. The predicted molar refractivity (Wildman–Crippen MR) is 163 cm³/mol. The number of benzene rings is 3. The van der Waals surface area contributed by atoms with Gasteiger partial charge in [0.2, 0.25) is 11.8 Å². The van der Waals surface area contributed by atoms with Gasteiger partial charge in [-0.25, -0.2) is 0 Å². The molecular formula is C31H32Cl2N4O5. The average Bonchev–Trinajstić information content (AvgIpc) is 2.98. The van der Waals surface area contributed by atoms with Crippen molar-refractivity contribution in [2.24, 2.45) is 0 Å². The van der Waals surface area contributed by atoms with E-state index in [4.69, 9.17) is 32.7 Å². The Morgan fingerprint density at radius 1 is 1.00 bits per heavy atom. The maximum Gasteiger partial charge on any atom is 0.265 e. The number of nitrogens with one attached hydrogen (secondary N) is 2. The number of anilines is 2. The number of fused-ring (bicyclic) bond motifs is 1. The van der Waals surface area contributed by atoms with Gasteiger partial charge in [0.1, 0.15) is 11.8 Å². The van der Waals surface area contributed by atoms with Crippen LogP contribution in [-0.2, 0) is 19.1 Å². The van der Waals surface area contributed by atoms with E-state index < -0.39 is 12.1 Å². The molecule has 11 heteroatoms. The van der Waals surface area contributed by atoms with E-state index in [9.17, 15) is 14.4 Å². The second-order valence-corrected chi connectivity index (χ2v) is 11.1. The van der Waals surface area contributed by atoms with Gasteiger partial charge in [0.25, 0.3) is 5.91 Å². The summed E-state index contributed by atoms with van der Waals surface area (Å²) in [5.74, 6) is -0.457. The van der Waals surface area contributed by atoms with Crippen molar-refractivity contribution in [3.8, 4) is 16.9 Å². The fourth-order valence-electron chi connectivity index (χ4n) is 5.23. The van der Waals surface area contributed by atoms with Crippen molar-refractivity contribution in [2.75, 3.05) is 49.7 Å². The Labute approximate surface area is 254 Å². The van der Waals surface area contributed by atoms with Crippen LogP contribution >= 0.6 is 23.2 Å². The Hall–Kier alpha value is -3.63. The van der Waals surface area contributed by atoms with E-state index in [1.165, 1.54) is 11.8 Å². The summed E-state index contributed by atoms with van der Waals surface area (Å²) >= 11 is 12.4. The molecule has 2 aliphatic heterocycles. The number of nitrogens with zero attached hydrogens (tertiary/aromatic N) is 2. The zero-order valence-electron chi connectivity index (χ0n) is 23.4. The number of amides is 3. The molecule has 0 aliphatic carbocycles. The third kappa shape index (κ3) is 6.71. The molecule has 0 bridgehead atoms. The first-order valence-electron chi connectivity index (χ1n) is 13.7. The zero-order chi connectivity index (χ0) is 29.8. The maximum absolute atomic E-state index is 13.8. The minimum Gasteiger partial charge on any atom is -0.482 e. The van der Waals surface area contributed by atoms with Gasteiger partial charge in [-0.1, -0.05) is 59.6 Å². The van der Waals surface area contributed by atoms with Crippen molar-refractivity contribution in [2.45, 2.75) is 25.9 Å². The molecule has 3 aromatic carbocycles. The Morgan fingerprint density at radius 3 is 2.50 bits per heavy atom.